The van der Waals surface area contributed by atoms with Gasteiger partial charge in [0.15, 0.2) is 5.11 Å². The number of amides is 1. The fraction of sp³-hybridized carbons (Fsp3) is 0.300. The Hall–Kier alpha value is -2.60. The highest BCUT2D eigenvalue weighted by molar-refractivity contribution is 7.80. The van der Waals surface area contributed by atoms with Gasteiger partial charge in [-0.05, 0) is 61.5 Å². The maximum absolute atomic E-state index is 12.4. The molecule has 0 bridgehead atoms. The summed E-state index contributed by atoms with van der Waals surface area (Å²) in [5.74, 6) is 0.923. The zero-order valence-electron chi connectivity index (χ0n) is 14.8. The highest BCUT2D eigenvalue weighted by atomic mass is 32.1. The van der Waals surface area contributed by atoms with E-state index in [1.54, 1.807) is 7.11 Å². The first kappa shape index (κ1) is 18.2. The van der Waals surface area contributed by atoms with Gasteiger partial charge in [0.05, 0.1) is 7.11 Å². The summed E-state index contributed by atoms with van der Waals surface area (Å²) in [6.07, 6.45) is 1.59. The molecule has 2 aromatic carbocycles. The largest absolute Gasteiger partial charge is 0.497 e. The lowest BCUT2D eigenvalue weighted by atomic mass is 9.96. The lowest BCUT2D eigenvalue weighted by molar-refractivity contribution is -0.120. The minimum Gasteiger partial charge on any atom is -0.497 e. The second-order valence-corrected chi connectivity index (χ2v) is 6.66. The SMILES string of the molecule is COc1ccc(NC(=S)N2CCC(C(=O)Nc3ccccc3)CC2)cc1. The zero-order valence-corrected chi connectivity index (χ0v) is 15.6. The van der Waals surface area contributed by atoms with Crippen LogP contribution in [0.25, 0.3) is 0 Å². The van der Waals surface area contributed by atoms with E-state index in [2.05, 4.69) is 15.5 Å². The van der Waals surface area contributed by atoms with E-state index in [0.29, 0.717) is 5.11 Å². The molecule has 1 aliphatic rings. The summed E-state index contributed by atoms with van der Waals surface area (Å²) in [6, 6.07) is 17.2. The Morgan fingerprint density at radius 2 is 1.62 bits per heavy atom. The number of piperidine rings is 1. The fourth-order valence-electron chi connectivity index (χ4n) is 2.99. The van der Waals surface area contributed by atoms with Gasteiger partial charge in [-0.1, -0.05) is 18.2 Å². The topological polar surface area (TPSA) is 53.6 Å². The van der Waals surface area contributed by atoms with E-state index in [1.165, 1.54) is 0 Å². The van der Waals surface area contributed by atoms with Crippen LogP contribution in [0.5, 0.6) is 5.75 Å². The van der Waals surface area contributed by atoms with Crippen LogP contribution in [0.3, 0.4) is 0 Å². The van der Waals surface area contributed by atoms with Crippen LogP contribution in [-0.4, -0.2) is 36.1 Å². The Balaban J connectivity index is 1.48. The van der Waals surface area contributed by atoms with Crippen LogP contribution in [0.4, 0.5) is 11.4 Å². The summed E-state index contributed by atoms with van der Waals surface area (Å²) in [6.45, 7) is 1.55. The molecule has 2 N–H and O–H groups in total. The Morgan fingerprint density at radius 1 is 1.00 bits per heavy atom. The summed E-state index contributed by atoms with van der Waals surface area (Å²) in [7, 11) is 1.64. The Morgan fingerprint density at radius 3 is 2.23 bits per heavy atom. The van der Waals surface area contributed by atoms with Crippen molar-refractivity contribution in [1.29, 1.82) is 0 Å². The monoisotopic (exact) mass is 369 g/mol. The molecule has 0 spiro atoms. The van der Waals surface area contributed by atoms with Crippen molar-refractivity contribution in [2.24, 2.45) is 5.92 Å². The van der Waals surface area contributed by atoms with Crippen LogP contribution < -0.4 is 15.4 Å². The number of benzene rings is 2. The number of methoxy groups -OCH3 is 1. The van der Waals surface area contributed by atoms with Gasteiger partial charge in [0.1, 0.15) is 5.75 Å². The number of nitrogens with zero attached hydrogens (tertiary/aromatic N) is 1. The number of likely N-dealkylation sites (tertiary alicyclic amines) is 1. The van der Waals surface area contributed by atoms with Gasteiger partial charge in [-0.2, -0.15) is 0 Å². The van der Waals surface area contributed by atoms with Crippen molar-refractivity contribution < 1.29 is 9.53 Å². The van der Waals surface area contributed by atoms with Crippen LogP contribution in [0.2, 0.25) is 0 Å². The van der Waals surface area contributed by atoms with Crippen molar-refractivity contribution in [2.45, 2.75) is 12.8 Å². The molecule has 0 aromatic heterocycles. The number of rotatable bonds is 4. The van der Waals surface area contributed by atoms with Crippen molar-refractivity contribution in [2.75, 3.05) is 30.8 Å². The normalized spacial score (nSPS) is 14.6. The van der Waals surface area contributed by atoms with E-state index in [4.69, 9.17) is 17.0 Å². The minimum atomic E-state index is 0.0234. The maximum atomic E-state index is 12.4. The predicted octanol–water partition coefficient (Wildman–Crippen LogP) is 3.74. The second kappa shape index (κ2) is 8.67. The highest BCUT2D eigenvalue weighted by Crippen LogP contribution is 2.21. The predicted molar refractivity (Wildman–Crippen MR) is 109 cm³/mol. The van der Waals surface area contributed by atoms with E-state index in [9.17, 15) is 4.79 Å². The first-order valence-corrected chi connectivity index (χ1v) is 9.12. The molecule has 0 saturated carbocycles. The molecule has 0 unspecified atom stereocenters. The highest BCUT2D eigenvalue weighted by Gasteiger charge is 2.26. The third-order valence-corrected chi connectivity index (χ3v) is 4.90. The molecule has 2 aromatic rings. The first-order valence-electron chi connectivity index (χ1n) is 8.71. The molecule has 5 nitrogen and oxygen atoms in total. The third-order valence-electron chi connectivity index (χ3n) is 4.54. The van der Waals surface area contributed by atoms with Crippen molar-refractivity contribution >= 4 is 34.6 Å². The molecule has 0 atom stereocenters. The number of thiocarbonyl (C=S) groups is 1. The molecule has 1 aliphatic heterocycles. The van der Waals surface area contributed by atoms with Gasteiger partial charge < -0.3 is 20.3 Å². The Bertz CT molecular complexity index is 741. The number of carbonyl (C=O) groups excluding carboxylic acids is 1. The molecular formula is C20H23N3O2S. The molecule has 1 saturated heterocycles. The van der Waals surface area contributed by atoms with Crippen molar-refractivity contribution in [3.05, 3.63) is 54.6 Å². The fourth-order valence-corrected chi connectivity index (χ4v) is 3.29. The second-order valence-electron chi connectivity index (χ2n) is 6.28. The Kier molecular flexibility index (Phi) is 6.07. The molecule has 1 amide bonds. The molecule has 0 aliphatic carbocycles. The maximum Gasteiger partial charge on any atom is 0.227 e. The van der Waals surface area contributed by atoms with E-state index in [1.807, 2.05) is 54.6 Å². The first-order chi connectivity index (χ1) is 12.7. The average Bonchev–Trinajstić information content (AvgIpc) is 2.69. The molecule has 1 fully saturated rings. The Labute approximate surface area is 159 Å². The van der Waals surface area contributed by atoms with Gasteiger partial charge in [-0.15, -0.1) is 0 Å². The van der Waals surface area contributed by atoms with Gasteiger partial charge in [-0.3, -0.25) is 4.79 Å². The van der Waals surface area contributed by atoms with Crippen molar-refractivity contribution in [1.82, 2.24) is 4.90 Å². The molecule has 1 heterocycles. The lowest BCUT2D eigenvalue weighted by Gasteiger charge is -2.33. The van der Waals surface area contributed by atoms with Crippen LogP contribution in [0, 0.1) is 5.92 Å². The summed E-state index contributed by atoms with van der Waals surface area (Å²) >= 11 is 5.51. The molecular weight excluding hydrogens is 346 g/mol. The van der Waals surface area contributed by atoms with E-state index in [0.717, 1.165) is 43.1 Å². The number of para-hydroxylation sites is 1. The van der Waals surface area contributed by atoms with Crippen LogP contribution >= 0.6 is 12.2 Å². The molecule has 0 radical (unpaired) electrons. The smallest absolute Gasteiger partial charge is 0.227 e. The number of ether oxygens (including phenoxy) is 1. The lowest BCUT2D eigenvalue weighted by Crippen LogP contribution is -2.43. The summed E-state index contributed by atoms with van der Waals surface area (Å²) in [5.41, 5.74) is 1.77. The van der Waals surface area contributed by atoms with Crippen LogP contribution in [-0.2, 0) is 4.79 Å². The molecule has 26 heavy (non-hydrogen) atoms. The number of nitrogens with one attached hydrogen (secondary N) is 2. The molecule has 136 valence electrons. The number of carbonyl (C=O) groups is 1. The van der Waals surface area contributed by atoms with Crippen LogP contribution in [0.1, 0.15) is 12.8 Å². The minimum absolute atomic E-state index is 0.0234. The van der Waals surface area contributed by atoms with E-state index in [-0.39, 0.29) is 11.8 Å². The van der Waals surface area contributed by atoms with Crippen LogP contribution in [0.15, 0.2) is 54.6 Å². The quantitative estimate of drug-likeness (QED) is 0.804. The summed E-state index contributed by atoms with van der Waals surface area (Å²) in [5, 5.41) is 6.93. The number of anilines is 2. The molecule has 6 heteroatoms. The number of hydrogen-bond acceptors (Lipinski definition) is 3. The van der Waals surface area contributed by atoms with E-state index < -0.39 is 0 Å². The summed E-state index contributed by atoms with van der Waals surface area (Å²) in [4.78, 5) is 14.5. The van der Waals surface area contributed by atoms with Gasteiger partial charge in [0.2, 0.25) is 5.91 Å². The van der Waals surface area contributed by atoms with Crippen molar-refractivity contribution in [3.8, 4) is 5.75 Å². The average molecular weight is 369 g/mol. The van der Waals surface area contributed by atoms with Gasteiger partial charge in [-0.25, -0.2) is 0 Å². The van der Waals surface area contributed by atoms with Crippen molar-refractivity contribution in [3.63, 3.8) is 0 Å². The third kappa shape index (κ3) is 4.73. The van der Waals surface area contributed by atoms with E-state index >= 15 is 0 Å². The number of hydrogen-bond donors (Lipinski definition) is 2. The standard InChI is InChI=1S/C20H23N3O2S/c1-25-18-9-7-17(8-10-18)22-20(26)23-13-11-15(12-14-23)19(24)21-16-5-3-2-4-6-16/h2-10,15H,11-14H2,1H3,(H,21,24)(H,22,26). The van der Waals surface area contributed by atoms with Gasteiger partial charge in [0, 0.05) is 30.4 Å². The molecule has 3 rings (SSSR count). The van der Waals surface area contributed by atoms with Gasteiger partial charge >= 0.3 is 0 Å². The zero-order chi connectivity index (χ0) is 18.4. The summed E-state index contributed by atoms with van der Waals surface area (Å²) < 4.78 is 5.16. The van der Waals surface area contributed by atoms with Gasteiger partial charge in [0.25, 0.3) is 0 Å².